The van der Waals surface area contributed by atoms with E-state index in [1.165, 1.54) is 12.7 Å². The molecule has 1 aromatic rings. The van der Waals surface area contributed by atoms with Gasteiger partial charge in [0.2, 0.25) is 6.61 Å². The highest BCUT2D eigenvalue weighted by Gasteiger charge is 2.32. The summed E-state index contributed by atoms with van der Waals surface area (Å²) in [5, 5.41) is 4.13. The molecule has 0 aliphatic heterocycles. The molecule has 0 fully saturated rings. The largest absolute Gasteiger partial charge is 0.466 e. The van der Waals surface area contributed by atoms with Crippen molar-refractivity contribution in [2.75, 3.05) is 22.6 Å². The third-order valence-electron chi connectivity index (χ3n) is 3.28. The van der Waals surface area contributed by atoms with Crippen LogP contribution in [0.4, 0.5) is 0 Å². The standard InChI is InChI=1S/C15H19I2NO3/c1-12(18-21-9-14(19)20-2)15(10-16,11-17)8-13-6-4-3-5-7-13/h3-7H,8-11H2,1-2H3/b18-12+. The van der Waals surface area contributed by atoms with Crippen LogP contribution in [-0.4, -0.2) is 34.3 Å². The Balaban J connectivity index is 2.83. The Bertz CT molecular complexity index is 473. The van der Waals surface area contributed by atoms with Crippen LogP contribution >= 0.6 is 45.2 Å². The molecule has 21 heavy (non-hydrogen) atoms. The first-order chi connectivity index (χ1) is 10.1. The van der Waals surface area contributed by atoms with Crippen molar-refractivity contribution >= 4 is 56.9 Å². The number of nitrogens with zero attached hydrogens (tertiary/aromatic N) is 1. The Kier molecular flexibility index (Phi) is 8.53. The van der Waals surface area contributed by atoms with Crippen LogP contribution in [-0.2, 0) is 20.8 Å². The van der Waals surface area contributed by atoms with Crippen molar-refractivity contribution in [3.8, 4) is 0 Å². The highest BCUT2D eigenvalue weighted by Crippen LogP contribution is 2.30. The van der Waals surface area contributed by atoms with Gasteiger partial charge in [0.05, 0.1) is 12.8 Å². The molecule has 0 heterocycles. The second-order valence-corrected chi connectivity index (χ2v) is 6.26. The zero-order valence-electron chi connectivity index (χ0n) is 12.1. The molecule has 0 amide bonds. The van der Waals surface area contributed by atoms with Gasteiger partial charge in [-0.05, 0) is 18.9 Å². The third-order valence-corrected chi connectivity index (χ3v) is 6.20. The fourth-order valence-electron chi connectivity index (χ4n) is 1.78. The lowest BCUT2D eigenvalue weighted by Crippen LogP contribution is -2.35. The van der Waals surface area contributed by atoms with Gasteiger partial charge >= 0.3 is 5.97 Å². The van der Waals surface area contributed by atoms with Gasteiger partial charge in [0, 0.05) is 14.3 Å². The smallest absolute Gasteiger partial charge is 0.346 e. The summed E-state index contributed by atoms with van der Waals surface area (Å²) in [7, 11) is 1.33. The number of hydrogen-bond acceptors (Lipinski definition) is 4. The maximum atomic E-state index is 11.1. The molecule has 0 bridgehead atoms. The maximum Gasteiger partial charge on any atom is 0.346 e. The van der Waals surface area contributed by atoms with E-state index in [4.69, 9.17) is 4.84 Å². The highest BCUT2D eigenvalue weighted by molar-refractivity contribution is 14.1. The van der Waals surface area contributed by atoms with E-state index in [2.05, 4.69) is 67.2 Å². The second kappa shape index (κ2) is 9.60. The van der Waals surface area contributed by atoms with Crippen molar-refractivity contribution in [2.24, 2.45) is 10.6 Å². The van der Waals surface area contributed by atoms with Crippen molar-refractivity contribution < 1.29 is 14.4 Å². The minimum atomic E-state index is -0.427. The first-order valence-corrected chi connectivity index (χ1v) is 9.53. The zero-order valence-corrected chi connectivity index (χ0v) is 16.5. The van der Waals surface area contributed by atoms with Gasteiger partial charge < -0.3 is 9.57 Å². The summed E-state index contributed by atoms with van der Waals surface area (Å²) < 4.78 is 6.39. The zero-order chi connectivity index (χ0) is 15.7. The Morgan fingerprint density at radius 3 is 2.38 bits per heavy atom. The molecule has 0 aliphatic rings. The van der Waals surface area contributed by atoms with Gasteiger partial charge in [-0.25, -0.2) is 4.79 Å². The quantitative estimate of drug-likeness (QED) is 0.175. The van der Waals surface area contributed by atoms with Crippen molar-refractivity contribution in [3.63, 3.8) is 0 Å². The van der Waals surface area contributed by atoms with Crippen LogP contribution in [0.1, 0.15) is 12.5 Å². The average Bonchev–Trinajstić information content (AvgIpc) is 2.53. The molecule has 0 N–H and O–H groups in total. The van der Waals surface area contributed by atoms with Gasteiger partial charge in [-0.15, -0.1) is 0 Å². The van der Waals surface area contributed by atoms with Crippen LogP contribution in [0.25, 0.3) is 0 Å². The van der Waals surface area contributed by atoms with Crippen molar-refractivity contribution in [2.45, 2.75) is 13.3 Å². The second-order valence-electron chi connectivity index (χ2n) is 4.74. The SMILES string of the molecule is COC(=O)CO/N=C(\C)C(CI)(CI)Cc1ccccc1. The molecule has 0 atom stereocenters. The summed E-state index contributed by atoms with van der Waals surface area (Å²) in [6.07, 6.45) is 0.899. The normalized spacial score (nSPS) is 12.1. The molecule has 6 heteroatoms. The van der Waals surface area contributed by atoms with E-state index >= 15 is 0 Å². The molecule has 1 aromatic carbocycles. The Hall–Kier alpha value is -0.380. The predicted octanol–water partition coefficient (Wildman–Crippen LogP) is 3.65. The van der Waals surface area contributed by atoms with Crippen LogP contribution in [0.2, 0.25) is 0 Å². The highest BCUT2D eigenvalue weighted by atomic mass is 127. The lowest BCUT2D eigenvalue weighted by Gasteiger charge is -2.29. The first-order valence-electron chi connectivity index (χ1n) is 6.47. The molecule has 0 saturated carbocycles. The van der Waals surface area contributed by atoms with Gasteiger partial charge in [0.1, 0.15) is 0 Å². The maximum absolute atomic E-state index is 11.1. The number of benzene rings is 1. The van der Waals surface area contributed by atoms with E-state index in [1.54, 1.807) is 0 Å². The third kappa shape index (κ3) is 5.72. The van der Waals surface area contributed by atoms with Crippen LogP contribution in [0, 0.1) is 5.41 Å². The van der Waals surface area contributed by atoms with E-state index < -0.39 is 5.97 Å². The van der Waals surface area contributed by atoms with E-state index in [1.807, 2.05) is 25.1 Å². The van der Waals surface area contributed by atoms with E-state index in [0.717, 1.165) is 21.0 Å². The number of hydrogen-bond donors (Lipinski definition) is 0. The summed E-state index contributed by atoms with van der Waals surface area (Å²) in [6.45, 7) is 1.80. The number of ether oxygens (including phenoxy) is 1. The summed E-state index contributed by atoms with van der Waals surface area (Å²) in [4.78, 5) is 16.2. The molecule has 0 radical (unpaired) electrons. The van der Waals surface area contributed by atoms with E-state index in [-0.39, 0.29) is 12.0 Å². The number of halogens is 2. The van der Waals surface area contributed by atoms with Crippen molar-refractivity contribution in [1.82, 2.24) is 0 Å². The average molecular weight is 515 g/mol. The molecule has 116 valence electrons. The van der Waals surface area contributed by atoms with Gasteiger partial charge in [-0.1, -0.05) is 80.7 Å². The Morgan fingerprint density at radius 1 is 1.24 bits per heavy atom. The van der Waals surface area contributed by atoms with Crippen LogP contribution in [0.5, 0.6) is 0 Å². The minimum Gasteiger partial charge on any atom is -0.466 e. The molecule has 4 nitrogen and oxygen atoms in total. The number of carbonyl (C=O) groups excluding carboxylic acids is 1. The molecule has 0 saturated heterocycles. The van der Waals surface area contributed by atoms with Crippen molar-refractivity contribution in [3.05, 3.63) is 35.9 Å². The molecule has 0 aliphatic carbocycles. The number of carbonyl (C=O) groups is 1. The number of alkyl halides is 2. The lowest BCUT2D eigenvalue weighted by atomic mass is 9.82. The minimum absolute atomic E-state index is 0.0708. The number of oxime groups is 1. The molecule has 0 spiro atoms. The molecular formula is C15H19I2NO3. The van der Waals surface area contributed by atoms with E-state index in [9.17, 15) is 4.79 Å². The van der Waals surface area contributed by atoms with Gasteiger partial charge in [-0.2, -0.15) is 0 Å². The van der Waals surface area contributed by atoms with Gasteiger partial charge in [0.15, 0.2) is 0 Å². The van der Waals surface area contributed by atoms with Crippen molar-refractivity contribution in [1.29, 1.82) is 0 Å². The Morgan fingerprint density at radius 2 is 1.86 bits per heavy atom. The molecule has 1 rings (SSSR count). The fraction of sp³-hybridized carbons (Fsp3) is 0.467. The van der Waals surface area contributed by atoms with Crippen LogP contribution in [0.3, 0.4) is 0 Å². The number of esters is 1. The van der Waals surface area contributed by atoms with Gasteiger partial charge in [0.25, 0.3) is 0 Å². The number of rotatable bonds is 8. The Labute approximate surface area is 152 Å². The van der Waals surface area contributed by atoms with E-state index in [0.29, 0.717) is 0 Å². The van der Waals surface area contributed by atoms with Crippen LogP contribution < -0.4 is 0 Å². The lowest BCUT2D eigenvalue weighted by molar-refractivity contribution is -0.145. The molecule has 0 aromatic heterocycles. The fourth-order valence-corrected chi connectivity index (χ4v) is 4.99. The summed E-state index contributed by atoms with van der Waals surface area (Å²) in [6, 6.07) is 10.3. The number of methoxy groups -OCH3 is 1. The monoisotopic (exact) mass is 515 g/mol. The van der Waals surface area contributed by atoms with Gasteiger partial charge in [-0.3, -0.25) is 0 Å². The summed E-state index contributed by atoms with van der Waals surface area (Å²) in [5.41, 5.74) is 2.10. The molecule has 0 unspecified atom stereocenters. The first kappa shape index (κ1) is 18.7. The summed E-state index contributed by atoms with van der Waals surface area (Å²) >= 11 is 4.77. The summed E-state index contributed by atoms with van der Waals surface area (Å²) in [5.74, 6) is -0.427. The molecular weight excluding hydrogens is 496 g/mol. The van der Waals surface area contributed by atoms with Crippen LogP contribution in [0.15, 0.2) is 35.5 Å². The predicted molar refractivity (Wildman–Crippen MR) is 101 cm³/mol. The topological polar surface area (TPSA) is 47.9 Å².